The largest absolute Gasteiger partial charge is 0.335 e. The number of pyridine rings is 1. The minimum Gasteiger partial charge on any atom is -0.335 e. The van der Waals surface area contributed by atoms with Crippen LogP contribution in [0.25, 0.3) is 5.69 Å². The third kappa shape index (κ3) is 3.10. The molecule has 0 saturated carbocycles. The molecule has 0 radical (unpaired) electrons. The van der Waals surface area contributed by atoms with Gasteiger partial charge in [0.2, 0.25) is 5.56 Å². The second-order valence-corrected chi connectivity index (χ2v) is 5.47. The van der Waals surface area contributed by atoms with Crippen molar-refractivity contribution in [3.8, 4) is 5.69 Å². The molecule has 1 aromatic carbocycles. The number of aromatic nitrogens is 4. The minimum absolute atomic E-state index is 0.116. The Kier molecular flexibility index (Phi) is 4.24. The zero-order valence-corrected chi connectivity index (χ0v) is 13.4. The molecule has 0 aliphatic heterocycles. The van der Waals surface area contributed by atoms with Gasteiger partial charge in [0.1, 0.15) is 12.7 Å². The van der Waals surface area contributed by atoms with Gasteiger partial charge in [0.15, 0.2) is 0 Å². The van der Waals surface area contributed by atoms with Crippen molar-refractivity contribution in [3.63, 3.8) is 0 Å². The molecule has 1 N–H and O–H groups in total. The Morgan fingerprint density at radius 1 is 1.21 bits per heavy atom. The lowest BCUT2D eigenvalue weighted by Crippen LogP contribution is -2.30. The minimum atomic E-state index is -0.231. The van der Waals surface area contributed by atoms with Crippen LogP contribution in [0, 0.1) is 0 Å². The SMILES string of the molecule is C[C@@H](c1ccc(-n2cncn2)cc1)N(C)C(=O)c1ccc(=O)[nH]c1. The van der Waals surface area contributed by atoms with E-state index in [1.807, 2.05) is 31.2 Å². The average molecular weight is 323 g/mol. The zero-order valence-electron chi connectivity index (χ0n) is 13.4. The Morgan fingerprint density at radius 2 is 1.96 bits per heavy atom. The van der Waals surface area contributed by atoms with Gasteiger partial charge in [-0.05, 0) is 30.7 Å². The molecule has 24 heavy (non-hydrogen) atoms. The molecule has 7 heteroatoms. The Labute approximate surface area is 138 Å². The Bertz CT molecular complexity index is 864. The predicted molar refractivity (Wildman–Crippen MR) is 88.9 cm³/mol. The molecule has 3 aromatic rings. The molecule has 0 spiro atoms. The maximum Gasteiger partial charge on any atom is 0.255 e. The topological polar surface area (TPSA) is 83.9 Å². The van der Waals surface area contributed by atoms with Crippen LogP contribution in [0.4, 0.5) is 0 Å². The lowest BCUT2D eigenvalue weighted by molar-refractivity contribution is 0.0742. The predicted octanol–water partition coefficient (Wildman–Crippen LogP) is 1.79. The zero-order chi connectivity index (χ0) is 17.1. The number of rotatable bonds is 4. The van der Waals surface area contributed by atoms with E-state index in [4.69, 9.17) is 0 Å². The molecule has 0 fully saturated rings. The lowest BCUT2D eigenvalue weighted by atomic mass is 10.1. The normalized spacial score (nSPS) is 11.9. The molecule has 122 valence electrons. The summed E-state index contributed by atoms with van der Waals surface area (Å²) in [6, 6.07) is 10.5. The molecule has 1 amide bonds. The summed E-state index contributed by atoms with van der Waals surface area (Å²) in [5.41, 5.74) is 2.12. The highest BCUT2D eigenvalue weighted by atomic mass is 16.2. The fraction of sp³-hybridized carbons (Fsp3) is 0.176. The fourth-order valence-corrected chi connectivity index (χ4v) is 2.39. The standard InChI is InChI=1S/C17H17N5O2/c1-12(21(2)17(24)14-5-8-16(23)19-9-14)13-3-6-15(7-4-13)22-11-18-10-20-22/h3-12H,1-2H3,(H,19,23)/t12-/m0/s1. The molecule has 7 nitrogen and oxygen atoms in total. The van der Waals surface area contributed by atoms with E-state index >= 15 is 0 Å². The highest BCUT2D eigenvalue weighted by Gasteiger charge is 2.19. The van der Waals surface area contributed by atoms with Crippen molar-refractivity contribution in [2.24, 2.45) is 0 Å². The maximum absolute atomic E-state index is 12.5. The van der Waals surface area contributed by atoms with Crippen molar-refractivity contribution in [2.75, 3.05) is 7.05 Å². The molecule has 2 aromatic heterocycles. The van der Waals surface area contributed by atoms with Crippen LogP contribution >= 0.6 is 0 Å². The van der Waals surface area contributed by atoms with Gasteiger partial charge in [0.05, 0.1) is 17.3 Å². The van der Waals surface area contributed by atoms with Crippen LogP contribution in [-0.2, 0) is 0 Å². The van der Waals surface area contributed by atoms with Gasteiger partial charge in [-0.1, -0.05) is 12.1 Å². The van der Waals surface area contributed by atoms with Crippen molar-refractivity contribution >= 4 is 5.91 Å². The Hall–Kier alpha value is -3.22. The van der Waals surface area contributed by atoms with E-state index in [9.17, 15) is 9.59 Å². The van der Waals surface area contributed by atoms with Crippen LogP contribution < -0.4 is 5.56 Å². The first-order valence-corrected chi connectivity index (χ1v) is 7.47. The van der Waals surface area contributed by atoms with E-state index in [2.05, 4.69) is 15.1 Å². The number of carbonyl (C=O) groups is 1. The summed E-state index contributed by atoms with van der Waals surface area (Å²) in [4.78, 5) is 31.7. The van der Waals surface area contributed by atoms with Crippen molar-refractivity contribution in [2.45, 2.75) is 13.0 Å². The smallest absolute Gasteiger partial charge is 0.255 e. The third-order valence-corrected chi connectivity index (χ3v) is 3.99. The van der Waals surface area contributed by atoms with E-state index in [1.54, 1.807) is 23.0 Å². The van der Waals surface area contributed by atoms with Crippen LogP contribution in [0.1, 0.15) is 28.9 Å². The van der Waals surface area contributed by atoms with Crippen LogP contribution in [-0.4, -0.2) is 37.6 Å². The summed E-state index contributed by atoms with van der Waals surface area (Å²) in [5, 5.41) is 4.08. The summed E-state index contributed by atoms with van der Waals surface area (Å²) < 4.78 is 1.67. The number of benzene rings is 1. The van der Waals surface area contributed by atoms with E-state index in [1.165, 1.54) is 24.7 Å². The number of hydrogen-bond acceptors (Lipinski definition) is 4. The van der Waals surface area contributed by atoms with Crippen molar-refractivity contribution in [1.82, 2.24) is 24.6 Å². The second-order valence-electron chi connectivity index (χ2n) is 5.47. The van der Waals surface area contributed by atoms with Gasteiger partial charge >= 0.3 is 0 Å². The van der Waals surface area contributed by atoms with Gasteiger partial charge in [0.25, 0.3) is 5.91 Å². The molecule has 3 rings (SSSR count). The molecule has 0 bridgehead atoms. The highest BCUT2D eigenvalue weighted by Crippen LogP contribution is 2.21. The first-order chi connectivity index (χ1) is 11.6. The quantitative estimate of drug-likeness (QED) is 0.793. The number of nitrogens with one attached hydrogen (secondary N) is 1. The molecule has 0 unspecified atom stereocenters. The summed E-state index contributed by atoms with van der Waals surface area (Å²) >= 11 is 0. The summed E-state index contributed by atoms with van der Waals surface area (Å²) in [5.74, 6) is -0.154. The second kappa shape index (κ2) is 6.49. The molecule has 0 aliphatic carbocycles. The molecule has 0 aliphatic rings. The first kappa shape index (κ1) is 15.7. The van der Waals surface area contributed by atoms with Crippen LogP contribution in [0.3, 0.4) is 0 Å². The third-order valence-electron chi connectivity index (χ3n) is 3.99. The van der Waals surface area contributed by atoms with E-state index < -0.39 is 0 Å². The first-order valence-electron chi connectivity index (χ1n) is 7.47. The van der Waals surface area contributed by atoms with E-state index in [-0.39, 0.29) is 17.5 Å². The molecule has 0 saturated heterocycles. The van der Waals surface area contributed by atoms with Gasteiger partial charge in [0, 0.05) is 19.3 Å². The van der Waals surface area contributed by atoms with Gasteiger partial charge in [-0.2, -0.15) is 5.10 Å². The van der Waals surface area contributed by atoms with Crippen LogP contribution in [0.5, 0.6) is 0 Å². The molecular weight excluding hydrogens is 306 g/mol. The number of aromatic amines is 1. The van der Waals surface area contributed by atoms with Gasteiger partial charge in [-0.3, -0.25) is 9.59 Å². The van der Waals surface area contributed by atoms with Crippen molar-refractivity contribution in [1.29, 1.82) is 0 Å². The highest BCUT2D eigenvalue weighted by molar-refractivity contribution is 5.93. The average Bonchev–Trinajstić information content (AvgIpc) is 3.15. The number of amides is 1. The maximum atomic E-state index is 12.5. The Balaban J connectivity index is 1.77. The Morgan fingerprint density at radius 3 is 2.54 bits per heavy atom. The molecular formula is C17H17N5O2. The van der Waals surface area contributed by atoms with E-state index in [0.29, 0.717) is 5.56 Å². The monoisotopic (exact) mass is 323 g/mol. The summed E-state index contributed by atoms with van der Waals surface area (Å²) in [6.45, 7) is 1.95. The van der Waals surface area contributed by atoms with Gasteiger partial charge in [-0.25, -0.2) is 9.67 Å². The van der Waals surface area contributed by atoms with Gasteiger partial charge < -0.3 is 9.88 Å². The summed E-state index contributed by atoms with van der Waals surface area (Å²) in [7, 11) is 1.74. The molecule has 1 atom stereocenters. The lowest BCUT2D eigenvalue weighted by Gasteiger charge is -2.25. The number of hydrogen-bond donors (Lipinski definition) is 1. The summed E-state index contributed by atoms with van der Waals surface area (Å²) in [6.07, 6.45) is 4.54. The van der Waals surface area contributed by atoms with Crippen LogP contribution in [0.15, 0.2) is 60.0 Å². The van der Waals surface area contributed by atoms with E-state index in [0.717, 1.165) is 11.3 Å². The number of nitrogens with zero attached hydrogens (tertiary/aromatic N) is 4. The van der Waals surface area contributed by atoms with Crippen LogP contribution in [0.2, 0.25) is 0 Å². The fourth-order valence-electron chi connectivity index (χ4n) is 2.39. The van der Waals surface area contributed by atoms with Crippen molar-refractivity contribution < 1.29 is 4.79 Å². The number of carbonyl (C=O) groups excluding carboxylic acids is 1. The van der Waals surface area contributed by atoms with Crippen molar-refractivity contribution in [3.05, 3.63) is 76.7 Å². The van der Waals surface area contributed by atoms with Gasteiger partial charge in [-0.15, -0.1) is 0 Å². The molecule has 2 heterocycles. The number of H-pyrrole nitrogens is 1.